The lowest BCUT2D eigenvalue weighted by atomic mass is 10.3. The first-order valence-electron chi connectivity index (χ1n) is 7.45. The minimum absolute atomic E-state index is 0.568. The number of para-hydroxylation sites is 1. The maximum atomic E-state index is 4.59. The fraction of sp³-hybridized carbons (Fsp3) is 0.167. The van der Waals surface area contributed by atoms with E-state index >= 15 is 0 Å². The van der Waals surface area contributed by atoms with Gasteiger partial charge in [-0.15, -0.1) is 0 Å². The molecule has 1 aromatic carbocycles. The molecule has 3 aromatic rings. The van der Waals surface area contributed by atoms with E-state index in [1.807, 2.05) is 60.3 Å². The Hall–Kier alpha value is -2.95. The summed E-state index contributed by atoms with van der Waals surface area (Å²) in [6, 6.07) is 11.8. The average Bonchev–Trinajstić information content (AvgIpc) is 2.89. The lowest BCUT2D eigenvalue weighted by molar-refractivity contribution is 0.898. The molecule has 3 rings (SSSR count). The molecule has 0 saturated carbocycles. The van der Waals surface area contributed by atoms with Gasteiger partial charge >= 0.3 is 0 Å². The van der Waals surface area contributed by atoms with Crippen molar-refractivity contribution in [3.63, 3.8) is 0 Å². The van der Waals surface area contributed by atoms with Gasteiger partial charge in [0.25, 0.3) is 0 Å². The number of rotatable bonds is 4. The standard InChI is InChI=1S/C18H19N5/c1-13(2)11-17-20-12-16(23(17)3)15-9-10-19-18(22-15)21-14-7-5-4-6-8-14/h4-12H,1-3H3,(H,19,21,22). The summed E-state index contributed by atoms with van der Waals surface area (Å²) in [6.07, 6.45) is 5.64. The zero-order valence-electron chi connectivity index (χ0n) is 13.5. The number of allylic oxidation sites excluding steroid dienone is 1. The Balaban J connectivity index is 1.91. The molecule has 116 valence electrons. The number of nitrogens with one attached hydrogen (secondary N) is 1. The van der Waals surface area contributed by atoms with Crippen LogP contribution in [0.25, 0.3) is 17.5 Å². The van der Waals surface area contributed by atoms with Gasteiger partial charge in [-0.25, -0.2) is 15.0 Å². The summed E-state index contributed by atoms with van der Waals surface area (Å²) in [4.78, 5) is 13.3. The Labute approximate surface area is 135 Å². The van der Waals surface area contributed by atoms with Crippen molar-refractivity contribution < 1.29 is 0 Å². The number of hydrogen-bond acceptors (Lipinski definition) is 4. The third kappa shape index (κ3) is 3.45. The van der Waals surface area contributed by atoms with E-state index < -0.39 is 0 Å². The van der Waals surface area contributed by atoms with Gasteiger partial charge in [-0.05, 0) is 38.1 Å². The van der Waals surface area contributed by atoms with E-state index in [-0.39, 0.29) is 0 Å². The smallest absolute Gasteiger partial charge is 0.227 e. The minimum atomic E-state index is 0.568. The quantitative estimate of drug-likeness (QED) is 0.790. The molecule has 23 heavy (non-hydrogen) atoms. The van der Waals surface area contributed by atoms with Crippen LogP contribution in [0.2, 0.25) is 0 Å². The normalized spacial score (nSPS) is 10.4. The first-order chi connectivity index (χ1) is 11.1. The van der Waals surface area contributed by atoms with Crippen LogP contribution in [0.15, 0.2) is 54.4 Å². The highest BCUT2D eigenvalue weighted by Crippen LogP contribution is 2.20. The lowest BCUT2D eigenvalue weighted by Gasteiger charge is -2.07. The number of aromatic nitrogens is 4. The predicted octanol–water partition coefficient (Wildman–Crippen LogP) is 4.04. The van der Waals surface area contributed by atoms with Gasteiger partial charge < -0.3 is 9.88 Å². The first kappa shape index (κ1) is 15.0. The number of hydrogen-bond donors (Lipinski definition) is 1. The summed E-state index contributed by atoms with van der Waals surface area (Å²) in [5.74, 6) is 1.48. The highest BCUT2D eigenvalue weighted by atomic mass is 15.1. The van der Waals surface area contributed by atoms with Crippen LogP contribution in [0.3, 0.4) is 0 Å². The molecular formula is C18H19N5. The van der Waals surface area contributed by atoms with Gasteiger partial charge in [-0.2, -0.15) is 0 Å². The van der Waals surface area contributed by atoms with Crippen molar-refractivity contribution in [3.8, 4) is 11.4 Å². The molecule has 2 heterocycles. The van der Waals surface area contributed by atoms with E-state index in [1.165, 1.54) is 5.57 Å². The fourth-order valence-electron chi connectivity index (χ4n) is 2.27. The SMILES string of the molecule is CC(C)=Cc1ncc(-c2ccnc(Nc3ccccc3)n2)n1C. The second-order valence-corrected chi connectivity index (χ2v) is 5.54. The van der Waals surface area contributed by atoms with Gasteiger partial charge in [0.1, 0.15) is 5.82 Å². The topological polar surface area (TPSA) is 55.6 Å². The van der Waals surface area contributed by atoms with Gasteiger partial charge in [0.05, 0.1) is 17.6 Å². The Morgan fingerprint density at radius 1 is 1.09 bits per heavy atom. The highest BCUT2D eigenvalue weighted by Gasteiger charge is 2.09. The molecule has 0 radical (unpaired) electrons. The van der Waals surface area contributed by atoms with E-state index in [9.17, 15) is 0 Å². The zero-order valence-corrected chi connectivity index (χ0v) is 13.5. The average molecular weight is 305 g/mol. The summed E-state index contributed by atoms with van der Waals surface area (Å²) in [5, 5.41) is 3.21. The van der Waals surface area contributed by atoms with Gasteiger partial charge in [0.15, 0.2) is 0 Å². The van der Waals surface area contributed by atoms with Crippen molar-refractivity contribution in [2.24, 2.45) is 7.05 Å². The molecule has 0 aliphatic carbocycles. The second-order valence-electron chi connectivity index (χ2n) is 5.54. The second kappa shape index (κ2) is 6.44. The number of benzene rings is 1. The Morgan fingerprint density at radius 3 is 2.61 bits per heavy atom. The largest absolute Gasteiger partial charge is 0.326 e. The molecular weight excluding hydrogens is 286 g/mol. The van der Waals surface area contributed by atoms with Crippen LogP contribution in [-0.2, 0) is 7.05 Å². The summed E-state index contributed by atoms with van der Waals surface area (Å²) < 4.78 is 2.03. The van der Waals surface area contributed by atoms with Crippen LogP contribution < -0.4 is 5.32 Å². The molecule has 0 amide bonds. The molecule has 0 aliphatic heterocycles. The zero-order chi connectivity index (χ0) is 16.2. The maximum absolute atomic E-state index is 4.59. The molecule has 0 aliphatic rings. The summed E-state index contributed by atoms with van der Waals surface area (Å²) in [6.45, 7) is 4.11. The maximum Gasteiger partial charge on any atom is 0.227 e. The molecule has 0 bridgehead atoms. The van der Waals surface area contributed by atoms with Gasteiger partial charge in [-0.1, -0.05) is 23.8 Å². The highest BCUT2D eigenvalue weighted by molar-refractivity contribution is 5.61. The molecule has 0 spiro atoms. The third-order valence-electron chi connectivity index (χ3n) is 3.39. The molecule has 2 aromatic heterocycles. The van der Waals surface area contributed by atoms with Crippen LogP contribution in [0, 0.1) is 0 Å². The Bertz CT molecular complexity index is 830. The van der Waals surface area contributed by atoms with Crippen LogP contribution in [0.5, 0.6) is 0 Å². The summed E-state index contributed by atoms with van der Waals surface area (Å²) in [5.41, 5.74) is 3.96. The van der Waals surface area contributed by atoms with E-state index in [0.29, 0.717) is 5.95 Å². The summed E-state index contributed by atoms with van der Waals surface area (Å²) in [7, 11) is 1.99. The predicted molar refractivity (Wildman–Crippen MR) is 93.3 cm³/mol. The monoisotopic (exact) mass is 305 g/mol. The van der Waals surface area contributed by atoms with E-state index in [1.54, 1.807) is 6.20 Å². The number of nitrogens with zero attached hydrogens (tertiary/aromatic N) is 4. The van der Waals surface area contributed by atoms with E-state index in [2.05, 4.69) is 34.1 Å². The van der Waals surface area contributed by atoms with Crippen molar-refractivity contribution in [2.75, 3.05) is 5.32 Å². The molecule has 0 saturated heterocycles. The van der Waals surface area contributed by atoms with Crippen molar-refractivity contribution in [1.29, 1.82) is 0 Å². The number of anilines is 2. The van der Waals surface area contributed by atoms with Gasteiger partial charge in [-0.3, -0.25) is 0 Å². The lowest BCUT2D eigenvalue weighted by Crippen LogP contribution is -2.00. The van der Waals surface area contributed by atoms with Gasteiger partial charge in [0.2, 0.25) is 5.95 Å². The van der Waals surface area contributed by atoms with Crippen LogP contribution in [-0.4, -0.2) is 19.5 Å². The third-order valence-corrected chi connectivity index (χ3v) is 3.39. The summed E-state index contributed by atoms with van der Waals surface area (Å²) >= 11 is 0. The Morgan fingerprint density at radius 2 is 1.87 bits per heavy atom. The molecule has 0 fully saturated rings. The molecule has 5 nitrogen and oxygen atoms in total. The molecule has 0 atom stereocenters. The van der Waals surface area contributed by atoms with Crippen LogP contribution in [0.1, 0.15) is 19.7 Å². The van der Waals surface area contributed by atoms with Crippen molar-refractivity contribution in [2.45, 2.75) is 13.8 Å². The molecule has 1 N–H and O–H groups in total. The van der Waals surface area contributed by atoms with Crippen molar-refractivity contribution >= 4 is 17.7 Å². The van der Waals surface area contributed by atoms with E-state index in [0.717, 1.165) is 22.9 Å². The molecule has 5 heteroatoms. The van der Waals surface area contributed by atoms with Gasteiger partial charge in [0, 0.05) is 18.9 Å². The fourth-order valence-corrected chi connectivity index (χ4v) is 2.27. The first-order valence-corrected chi connectivity index (χ1v) is 7.45. The Kier molecular flexibility index (Phi) is 4.19. The van der Waals surface area contributed by atoms with E-state index in [4.69, 9.17) is 0 Å². The van der Waals surface area contributed by atoms with Crippen molar-refractivity contribution in [3.05, 3.63) is 60.2 Å². The van der Waals surface area contributed by atoms with Crippen molar-refractivity contribution in [1.82, 2.24) is 19.5 Å². The minimum Gasteiger partial charge on any atom is -0.326 e. The van der Waals surface area contributed by atoms with Crippen LogP contribution >= 0.6 is 0 Å². The molecule has 0 unspecified atom stereocenters. The van der Waals surface area contributed by atoms with Crippen LogP contribution in [0.4, 0.5) is 11.6 Å². The number of imidazole rings is 1.